The van der Waals surface area contributed by atoms with Gasteiger partial charge in [-0.05, 0) is 34.5 Å². The topological polar surface area (TPSA) is 87.2 Å². The summed E-state index contributed by atoms with van der Waals surface area (Å²) >= 11 is 2.97. The van der Waals surface area contributed by atoms with E-state index in [0.29, 0.717) is 6.42 Å². The number of hydrogen-bond acceptors (Lipinski definition) is 5. The molecule has 0 amide bonds. The minimum Gasteiger partial charge on any atom is -0.543 e. The molecule has 1 aromatic rings. The summed E-state index contributed by atoms with van der Waals surface area (Å²) in [5.74, 6) is -1.72. The maximum absolute atomic E-state index is 11.7. The van der Waals surface area contributed by atoms with Crippen LogP contribution < -0.4 is 34.7 Å². The van der Waals surface area contributed by atoms with Crippen molar-refractivity contribution >= 4 is 31.7 Å². The van der Waals surface area contributed by atoms with Crippen LogP contribution in [0.2, 0.25) is 0 Å². The maximum atomic E-state index is 11.7. The molecule has 17 heavy (non-hydrogen) atoms. The second-order valence-electron chi connectivity index (χ2n) is 3.09. The normalized spacial score (nSPS) is 10.7. The maximum Gasteiger partial charge on any atom is 1.00 e. The molecule has 1 rings (SSSR count). The number of sulfone groups is 1. The van der Waals surface area contributed by atoms with E-state index in [1.807, 2.05) is 0 Å². The third kappa shape index (κ3) is 4.33. The Morgan fingerprint density at radius 1 is 1.47 bits per heavy atom. The average molecular weight is 330 g/mol. The van der Waals surface area contributed by atoms with E-state index in [0.717, 1.165) is 0 Å². The van der Waals surface area contributed by atoms with Crippen LogP contribution in [0.15, 0.2) is 21.6 Å². The van der Waals surface area contributed by atoms with E-state index in [1.165, 1.54) is 12.1 Å². The van der Waals surface area contributed by atoms with Crippen molar-refractivity contribution in [1.29, 1.82) is 0 Å². The van der Waals surface area contributed by atoms with Gasteiger partial charge in [-0.3, -0.25) is 0 Å². The predicted molar refractivity (Wildman–Crippen MR) is 58.6 cm³/mol. The minimum absolute atomic E-state index is 0. The largest absolute Gasteiger partial charge is 1.00 e. The zero-order valence-corrected chi connectivity index (χ0v) is 13.8. The van der Waals surface area contributed by atoms with Gasteiger partial charge in [0.25, 0.3) is 0 Å². The molecular weight excluding hydrogens is 321 g/mol. The first-order valence-electron chi connectivity index (χ1n) is 4.49. The fourth-order valence-electron chi connectivity index (χ4n) is 1.20. The monoisotopic (exact) mass is 329 g/mol. The number of halogens is 1. The van der Waals surface area contributed by atoms with Crippen molar-refractivity contribution in [2.24, 2.45) is 0 Å². The number of carboxylic acids is 1. The third-order valence-electron chi connectivity index (χ3n) is 1.83. The molecule has 0 saturated heterocycles. The van der Waals surface area contributed by atoms with Crippen molar-refractivity contribution in [2.75, 3.05) is 5.75 Å². The summed E-state index contributed by atoms with van der Waals surface area (Å²) in [5.41, 5.74) is -0.553. The molecule has 0 aliphatic heterocycles. The number of hydrogen-bond donors (Lipinski definition) is 0. The molecule has 88 valence electrons. The Morgan fingerprint density at radius 2 is 2.06 bits per heavy atom. The molecule has 0 radical (unpaired) electrons. The first kappa shape index (κ1) is 17.1. The Bertz CT molecular complexity index is 518. The number of pyridine rings is 1. The minimum atomic E-state index is -3.61. The number of aromatic carboxylic acids is 1. The van der Waals surface area contributed by atoms with E-state index in [1.54, 1.807) is 6.92 Å². The van der Waals surface area contributed by atoms with E-state index in [2.05, 4.69) is 20.9 Å². The molecule has 0 bridgehead atoms. The molecule has 0 atom stereocenters. The molecule has 5 nitrogen and oxygen atoms in total. The Balaban J connectivity index is 0.00000256. The Morgan fingerprint density at radius 3 is 2.53 bits per heavy atom. The Hall–Kier alpha value is 0.0500. The van der Waals surface area contributed by atoms with Crippen LogP contribution in [0.4, 0.5) is 0 Å². The van der Waals surface area contributed by atoms with Crippen LogP contribution in [0.1, 0.15) is 23.8 Å². The van der Waals surface area contributed by atoms with Crippen molar-refractivity contribution in [2.45, 2.75) is 18.2 Å². The van der Waals surface area contributed by atoms with Crippen LogP contribution in [0.5, 0.6) is 0 Å². The quantitative estimate of drug-likeness (QED) is 0.446. The Kier molecular flexibility index (Phi) is 6.86. The molecule has 0 aliphatic carbocycles. The Labute approximate surface area is 130 Å². The van der Waals surface area contributed by atoms with E-state index in [-0.39, 0.29) is 44.8 Å². The molecule has 0 spiro atoms. The summed E-state index contributed by atoms with van der Waals surface area (Å²) in [6.07, 6.45) is 0.408. The summed E-state index contributed by atoms with van der Waals surface area (Å²) in [4.78, 5) is 14.1. The van der Waals surface area contributed by atoms with Gasteiger partial charge >= 0.3 is 29.6 Å². The average Bonchev–Trinajstić information content (AvgIpc) is 2.16. The molecule has 0 saturated carbocycles. The molecule has 1 aromatic heterocycles. The van der Waals surface area contributed by atoms with Gasteiger partial charge in [0, 0.05) is 0 Å². The van der Waals surface area contributed by atoms with Gasteiger partial charge in [-0.2, -0.15) is 0 Å². The van der Waals surface area contributed by atoms with E-state index < -0.39 is 21.5 Å². The number of carbonyl (C=O) groups is 1. The van der Waals surface area contributed by atoms with Gasteiger partial charge in [-0.1, -0.05) is 6.92 Å². The first-order valence-corrected chi connectivity index (χ1v) is 6.93. The van der Waals surface area contributed by atoms with Crippen LogP contribution in [0.3, 0.4) is 0 Å². The molecule has 0 aliphatic rings. The van der Waals surface area contributed by atoms with E-state index in [9.17, 15) is 18.3 Å². The smallest absolute Gasteiger partial charge is 0.543 e. The van der Waals surface area contributed by atoms with Crippen LogP contribution in [0, 0.1) is 0 Å². The molecule has 8 heteroatoms. The SMILES string of the molecule is CCCS(=O)(=O)c1ccc(Br)nc1C(=O)[O-].[Na+]. The van der Waals surface area contributed by atoms with Crippen molar-refractivity contribution in [1.82, 2.24) is 4.98 Å². The number of carbonyl (C=O) groups excluding carboxylic acids is 1. The number of nitrogens with zero attached hydrogens (tertiary/aromatic N) is 1. The van der Waals surface area contributed by atoms with Crippen molar-refractivity contribution in [3.8, 4) is 0 Å². The summed E-state index contributed by atoms with van der Waals surface area (Å²) in [6, 6.07) is 2.60. The van der Waals surface area contributed by atoms with Gasteiger partial charge in [-0.25, -0.2) is 13.4 Å². The van der Waals surface area contributed by atoms with Gasteiger partial charge in [0.1, 0.15) is 10.3 Å². The second-order valence-corrected chi connectivity index (χ2v) is 5.98. The standard InChI is InChI=1S/C9H10BrNO4S.Na/c1-2-5-16(14,15)6-3-4-7(10)11-8(6)9(12)13;/h3-4H,2,5H2,1H3,(H,12,13);/q;+1/p-1. The fourth-order valence-corrected chi connectivity index (χ4v) is 2.96. The fraction of sp³-hybridized carbons (Fsp3) is 0.333. The predicted octanol–water partition coefficient (Wildman–Crippen LogP) is -2.60. The first-order chi connectivity index (χ1) is 7.38. The van der Waals surface area contributed by atoms with Crippen LogP contribution in [0.25, 0.3) is 0 Å². The molecular formula is C9H9BrNNaO4S. The zero-order valence-electron chi connectivity index (χ0n) is 9.44. The summed E-state index contributed by atoms with van der Waals surface area (Å²) < 4.78 is 23.7. The summed E-state index contributed by atoms with van der Waals surface area (Å²) in [7, 11) is -3.61. The molecule has 0 unspecified atom stereocenters. The molecule has 0 aromatic carbocycles. The van der Waals surface area contributed by atoms with Gasteiger partial charge in [0.05, 0.1) is 16.6 Å². The van der Waals surface area contributed by atoms with Crippen molar-refractivity contribution < 1.29 is 47.9 Å². The van der Waals surface area contributed by atoms with Crippen molar-refractivity contribution in [3.63, 3.8) is 0 Å². The van der Waals surface area contributed by atoms with Gasteiger partial charge in [0.15, 0.2) is 9.84 Å². The van der Waals surface area contributed by atoms with Crippen LogP contribution in [-0.2, 0) is 9.84 Å². The van der Waals surface area contributed by atoms with Crippen LogP contribution >= 0.6 is 15.9 Å². The molecule has 0 fully saturated rings. The van der Waals surface area contributed by atoms with Crippen molar-refractivity contribution in [3.05, 3.63) is 22.4 Å². The number of aromatic nitrogens is 1. The van der Waals surface area contributed by atoms with E-state index >= 15 is 0 Å². The summed E-state index contributed by atoms with van der Waals surface area (Å²) in [6.45, 7) is 1.70. The van der Waals surface area contributed by atoms with E-state index in [4.69, 9.17) is 0 Å². The summed E-state index contributed by atoms with van der Waals surface area (Å²) in [5, 5.41) is 10.8. The molecule has 1 heterocycles. The zero-order chi connectivity index (χ0) is 12.3. The third-order valence-corrected chi connectivity index (χ3v) is 4.21. The second kappa shape index (κ2) is 6.84. The van der Waals surface area contributed by atoms with Crippen LogP contribution in [-0.4, -0.2) is 25.1 Å². The number of carboxylic acid groups (broad SMARTS) is 1. The number of rotatable bonds is 4. The van der Waals surface area contributed by atoms with Gasteiger partial charge in [0.2, 0.25) is 0 Å². The molecule has 0 N–H and O–H groups in total. The van der Waals surface area contributed by atoms with Gasteiger partial charge in [-0.15, -0.1) is 0 Å². The van der Waals surface area contributed by atoms with Gasteiger partial charge < -0.3 is 9.90 Å².